The van der Waals surface area contributed by atoms with Crippen LogP contribution >= 0.6 is 0 Å². The van der Waals surface area contributed by atoms with Gasteiger partial charge in [0, 0.05) is 6.04 Å². The lowest BCUT2D eigenvalue weighted by atomic mass is 9.87. The molecule has 1 aromatic rings. The minimum Gasteiger partial charge on any atom is -0.490 e. The average molecular weight is 261 g/mol. The Bertz CT molecular complexity index is 402. The van der Waals surface area contributed by atoms with Crippen molar-refractivity contribution in [3.63, 3.8) is 0 Å². The van der Waals surface area contributed by atoms with Crippen LogP contribution in [0.1, 0.15) is 52.5 Å². The number of nitrogens with one attached hydrogen (secondary N) is 1. The quantitative estimate of drug-likeness (QED) is 0.868. The van der Waals surface area contributed by atoms with Crippen LogP contribution in [0.5, 0.6) is 5.75 Å². The zero-order valence-corrected chi connectivity index (χ0v) is 12.7. The standard InChI is InChI=1S/C17H27NO/c1-5-9-18-14-11-16(12-14)19-15-8-6-7-13(10-15)17(2,3)4/h6-8,10,14,16,18H,5,9,11-12H2,1-4H3. The molecule has 19 heavy (non-hydrogen) atoms. The van der Waals surface area contributed by atoms with Gasteiger partial charge in [0.25, 0.3) is 0 Å². The average Bonchev–Trinajstić information content (AvgIpc) is 2.31. The minimum absolute atomic E-state index is 0.185. The first kappa shape index (κ1) is 14.4. The SMILES string of the molecule is CCCNC1CC(Oc2cccc(C(C)(C)C)c2)C1. The first-order valence-corrected chi connectivity index (χ1v) is 7.49. The summed E-state index contributed by atoms with van der Waals surface area (Å²) in [7, 11) is 0. The van der Waals surface area contributed by atoms with Crippen molar-refractivity contribution in [3.05, 3.63) is 29.8 Å². The van der Waals surface area contributed by atoms with Gasteiger partial charge < -0.3 is 10.1 Å². The van der Waals surface area contributed by atoms with Gasteiger partial charge in [0.05, 0.1) is 0 Å². The predicted octanol–water partition coefficient (Wildman–Crippen LogP) is 3.89. The Morgan fingerprint density at radius 3 is 2.63 bits per heavy atom. The molecule has 1 N–H and O–H groups in total. The Labute approximate surface area is 117 Å². The Morgan fingerprint density at radius 2 is 2.00 bits per heavy atom. The molecule has 0 heterocycles. The fourth-order valence-electron chi connectivity index (χ4n) is 2.41. The molecule has 1 aliphatic carbocycles. The summed E-state index contributed by atoms with van der Waals surface area (Å²) < 4.78 is 6.06. The van der Waals surface area contributed by atoms with E-state index in [0.717, 1.165) is 25.1 Å². The van der Waals surface area contributed by atoms with Crippen molar-refractivity contribution in [3.8, 4) is 5.75 Å². The van der Waals surface area contributed by atoms with Crippen molar-refractivity contribution in [2.45, 2.75) is 64.5 Å². The van der Waals surface area contributed by atoms with Crippen LogP contribution in [0.3, 0.4) is 0 Å². The van der Waals surface area contributed by atoms with Crippen molar-refractivity contribution in [1.29, 1.82) is 0 Å². The van der Waals surface area contributed by atoms with Crippen LogP contribution in [-0.2, 0) is 5.41 Å². The largest absolute Gasteiger partial charge is 0.490 e. The molecule has 1 aromatic carbocycles. The smallest absolute Gasteiger partial charge is 0.120 e. The third-order valence-electron chi connectivity index (χ3n) is 3.78. The number of ether oxygens (including phenoxy) is 1. The maximum absolute atomic E-state index is 6.06. The van der Waals surface area contributed by atoms with E-state index in [1.165, 1.54) is 12.0 Å². The van der Waals surface area contributed by atoms with Crippen LogP contribution < -0.4 is 10.1 Å². The molecule has 0 amide bonds. The molecule has 0 bridgehead atoms. The van der Waals surface area contributed by atoms with Crippen LogP contribution in [-0.4, -0.2) is 18.7 Å². The summed E-state index contributed by atoms with van der Waals surface area (Å²) in [6.07, 6.45) is 3.87. The minimum atomic E-state index is 0.185. The normalized spacial score (nSPS) is 22.9. The summed E-state index contributed by atoms with van der Waals surface area (Å²) in [5.74, 6) is 1.02. The number of hydrogen-bond acceptors (Lipinski definition) is 2. The van der Waals surface area contributed by atoms with E-state index in [0.29, 0.717) is 12.1 Å². The van der Waals surface area contributed by atoms with E-state index in [9.17, 15) is 0 Å². The predicted molar refractivity (Wildman–Crippen MR) is 80.9 cm³/mol. The maximum Gasteiger partial charge on any atom is 0.120 e. The van der Waals surface area contributed by atoms with Gasteiger partial charge in [0.2, 0.25) is 0 Å². The Morgan fingerprint density at radius 1 is 1.26 bits per heavy atom. The molecular formula is C17H27NO. The molecular weight excluding hydrogens is 234 g/mol. The van der Waals surface area contributed by atoms with Crippen LogP contribution in [0.2, 0.25) is 0 Å². The first-order chi connectivity index (χ1) is 8.99. The van der Waals surface area contributed by atoms with Crippen LogP contribution in [0.15, 0.2) is 24.3 Å². The fraction of sp³-hybridized carbons (Fsp3) is 0.647. The summed E-state index contributed by atoms with van der Waals surface area (Å²) >= 11 is 0. The second-order valence-corrected chi connectivity index (χ2v) is 6.64. The maximum atomic E-state index is 6.06. The Kier molecular flexibility index (Phi) is 4.51. The van der Waals surface area contributed by atoms with Crippen molar-refractivity contribution in [1.82, 2.24) is 5.32 Å². The third-order valence-corrected chi connectivity index (χ3v) is 3.78. The second-order valence-electron chi connectivity index (χ2n) is 6.64. The molecule has 0 aliphatic heterocycles. The van der Waals surface area contributed by atoms with Gasteiger partial charge in [-0.3, -0.25) is 0 Å². The summed E-state index contributed by atoms with van der Waals surface area (Å²) in [5.41, 5.74) is 1.52. The fourth-order valence-corrected chi connectivity index (χ4v) is 2.41. The molecule has 1 fully saturated rings. The Balaban J connectivity index is 1.85. The zero-order valence-electron chi connectivity index (χ0n) is 12.7. The molecule has 106 valence electrons. The molecule has 0 atom stereocenters. The highest BCUT2D eigenvalue weighted by Gasteiger charge is 2.30. The lowest BCUT2D eigenvalue weighted by molar-refractivity contribution is 0.0851. The highest BCUT2D eigenvalue weighted by atomic mass is 16.5. The van der Waals surface area contributed by atoms with Crippen molar-refractivity contribution < 1.29 is 4.74 Å². The van der Waals surface area contributed by atoms with E-state index in [4.69, 9.17) is 4.74 Å². The van der Waals surface area contributed by atoms with Crippen LogP contribution in [0.25, 0.3) is 0 Å². The van der Waals surface area contributed by atoms with E-state index in [-0.39, 0.29) is 5.41 Å². The Hall–Kier alpha value is -1.02. The monoisotopic (exact) mass is 261 g/mol. The number of rotatable bonds is 5. The molecule has 0 saturated heterocycles. The van der Waals surface area contributed by atoms with E-state index in [1.54, 1.807) is 0 Å². The van der Waals surface area contributed by atoms with Crippen molar-refractivity contribution in [2.75, 3.05) is 6.54 Å². The van der Waals surface area contributed by atoms with Crippen molar-refractivity contribution >= 4 is 0 Å². The lowest BCUT2D eigenvalue weighted by Gasteiger charge is -2.36. The molecule has 2 rings (SSSR count). The zero-order chi connectivity index (χ0) is 13.9. The summed E-state index contributed by atoms with van der Waals surface area (Å²) in [6.45, 7) is 10.0. The number of hydrogen-bond donors (Lipinski definition) is 1. The molecule has 0 radical (unpaired) electrons. The molecule has 0 aromatic heterocycles. The molecule has 1 aliphatic rings. The van der Waals surface area contributed by atoms with Gasteiger partial charge in [-0.25, -0.2) is 0 Å². The third kappa shape index (κ3) is 3.97. The second kappa shape index (κ2) is 5.96. The molecule has 0 unspecified atom stereocenters. The van der Waals surface area contributed by atoms with Crippen LogP contribution in [0, 0.1) is 0 Å². The number of benzene rings is 1. The van der Waals surface area contributed by atoms with Crippen molar-refractivity contribution in [2.24, 2.45) is 0 Å². The van der Waals surface area contributed by atoms with Gasteiger partial charge in [-0.05, 0) is 48.9 Å². The highest BCUT2D eigenvalue weighted by Crippen LogP contribution is 2.29. The lowest BCUT2D eigenvalue weighted by Crippen LogP contribution is -2.47. The van der Waals surface area contributed by atoms with Gasteiger partial charge in [-0.1, -0.05) is 39.8 Å². The first-order valence-electron chi connectivity index (χ1n) is 7.49. The topological polar surface area (TPSA) is 21.3 Å². The van der Waals surface area contributed by atoms with E-state index in [1.807, 2.05) is 0 Å². The summed E-state index contributed by atoms with van der Waals surface area (Å²) in [5, 5.41) is 3.54. The highest BCUT2D eigenvalue weighted by molar-refractivity contribution is 5.32. The molecule has 0 spiro atoms. The van der Waals surface area contributed by atoms with Gasteiger partial charge in [0.1, 0.15) is 11.9 Å². The van der Waals surface area contributed by atoms with Gasteiger partial charge in [0.15, 0.2) is 0 Å². The molecule has 2 heteroatoms. The van der Waals surface area contributed by atoms with E-state index in [2.05, 4.69) is 57.3 Å². The van der Waals surface area contributed by atoms with E-state index < -0.39 is 0 Å². The van der Waals surface area contributed by atoms with Gasteiger partial charge in [-0.15, -0.1) is 0 Å². The van der Waals surface area contributed by atoms with Crippen LogP contribution in [0.4, 0.5) is 0 Å². The van der Waals surface area contributed by atoms with Gasteiger partial charge in [-0.2, -0.15) is 0 Å². The summed E-state index contributed by atoms with van der Waals surface area (Å²) in [6, 6.07) is 9.20. The van der Waals surface area contributed by atoms with E-state index >= 15 is 0 Å². The van der Waals surface area contributed by atoms with Gasteiger partial charge >= 0.3 is 0 Å². The summed E-state index contributed by atoms with van der Waals surface area (Å²) in [4.78, 5) is 0. The molecule has 1 saturated carbocycles. The molecule has 2 nitrogen and oxygen atoms in total.